The zero-order chi connectivity index (χ0) is 10.7. The van der Waals surface area contributed by atoms with Crippen LogP contribution < -0.4 is 5.32 Å². The lowest BCUT2D eigenvalue weighted by Gasteiger charge is -2.06. The van der Waals surface area contributed by atoms with Gasteiger partial charge in [0.15, 0.2) is 12.1 Å². The fourth-order valence-electron chi connectivity index (χ4n) is 0.964. The van der Waals surface area contributed by atoms with E-state index >= 15 is 0 Å². The standard InChI is InChI=1S/C9H7BrFNO2/c1-5(14)12-8-3-2-7(10)6(4-13)9(8)11/h2-4H,1H3,(H,12,14). The number of hydrogen-bond acceptors (Lipinski definition) is 2. The van der Waals surface area contributed by atoms with Crippen LogP contribution in [0, 0.1) is 5.82 Å². The summed E-state index contributed by atoms with van der Waals surface area (Å²) in [6.45, 7) is 1.27. The highest BCUT2D eigenvalue weighted by molar-refractivity contribution is 9.10. The van der Waals surface area contributed by atoms with Gasteiger partial charge >= 0.3 is 0 Å². The molecule has 0 fully saturated rings. The molecule has 0 heterocycles. The number of benzene rings is 1. The van der Waals surface area contributed by atoms with Crippen LogP contribution in [0.1, 0.15) is 17.3 Å². The van der Waals surface area contributed by atoms with Gasteiger partial charge in [-0.15, -0.1) is 0 Å². The van der Waals surface area contributed by atoms with Crippen molar-refractivity contribution in [3.8, 4) is 0 Å². The average Bonchev–Trinajstić information content (AvgIpc) is 2.10. The molecule has 1 aromatic carbocycles. The zero-order valence-electron chi connectivity index (χ0n) is 7.30. The molecular formula is C9H7BrFNO2. The molecule has 0 aliphatic carbocycles. The van der Waals surface area contributed by atoms with Crippen molar-refractivity contribution in [3.63, 3.8) is 0 Å². The first-order chi connectivity index (χ1) is 6.56. The van der Waals surface area contributed by atoms with E-state index in [0.717, 1.165) is 0 Å². The Kier molecular flexibility index (Phi) is 3.35. The third-order valence-electron chi connectivity index (χ3n) is 1.56. The molecule has 1 aromatic rings. The van der Waals surface area contributed by atoms with Gasteiger partial charge in [-0.2, -0.15) is 0 Å². The van der Waals surface area contributed by atoms with E-state index in [4.69, 9.17) is 0 Å². The van der Waals surface area contributed by atoms with Gasteiger partial charge in [-0.1, -0.05) is 0 Å². The molecule has 0 saturated carbocycles. The fourth-order valence-corrected chi connectivity index (χ4v) is 1.36. The number of carbonyl (C=O) groups is 2. The van der Waals surface area contributed by atoms with Gasteiger partial charge in [0, 0.05) is 11.4 Å². The summed E-state index contributed by atoms with van der Waals surface area (Å²) in [6, 6.07) is 2.88. The third-order valence-corrected chi connectivity index (χ3v) is 2.25. The molecule has 0 unspecified atom stereocenters. The smallest absolute Gasteiger partial charge is 0.221 e. The number of nitrogens with one attached hydrogen (secondary N) is 1. The average molecular weight is 260 g/mol. The maximum absolute atomic E-state index is 13.4. The lowest BCUT2D eigenvalue weighted by atomic mass is 10.2. The molecule has 74 valence electrons. The molecule has 0 bridgehead atoms. The molecule has 1 rings (SSSR count). The number of carbonyl (C=O) groups excluding carboxylic acids is 2. The zero-order valence-corrected chi connectivity index (χ0v) is 8.89. The van der Waals surface area contributed by atoms with E-state index in [2.05, 4.69) is 21.2 Å². The second-order valence-corrected chi connectivity index (χ2v) is 3.48. The highest BCUT2D eigenvalue weighted by Crippen LogP contribution is 2.24. The molecule has 0 radical (unpaired) electrons. The molecule has 0 atom stereocenters. The van der Waals surface area contributed by atoms with Gasteiger partial charge in [-0.05, 0) is 28.1 Å². The third kappa shape index (κ3) is 2.17. The maximum Gasteiger partial charge on any atom is 0.221 e. The Labute approximate surface area is 88.4 Å². The van der Waals surface area contributed by atoms with Crippen LogP contribution in [0.2, 0.25) is 0 Å². The number of amides is 1. The number of hydrogen-bond donors (Lipinski definition) is 1. The molecule has 0 spiro atoms. The summed E-state index contributed by atoms with van der Waals surface area (Å²) in [5, 5.41) is 2.28. The molecule has 0 aliphatic heterocycles. The number of halogens is 2. The second kappa shape index (κ2) is 4.32. The van der Waals surface area contributed by atoms with Crippen LogP contribution in [0.25, 0.3) is 0 Å². The van der Waals surface area contributed by atoms with Crippen molar-refractivity contribution in [3.05, 3.63) is 28.0 Å². The van der Waals surface area contributed by atoms with Crippen molar-refractivity contribution >= 4 is 33.8 Å². The minimum Gasteiger partial charge on any atom is -0.324 e. The Balaban J connectivity index is 3.20. The van der Waals surface area contributed by atoms with Gasteiger partial charge in [0.1, 0.15) is 0 Å². The van der Waals surface area contributed by atoms with Crippen molar-refractivity contribution in [2.24, 2.45) is 0 Å². The van der Waals surface area contributed by atoms with Gasteiger partial charge < -0.3 is 5.32 Å². The van der Waals surface area contributed by atoms with Gasteiger partial charge in [0.2, 0.25) is 5.91 Å². The van der Waals surface area contributed by atoms with E-state index in [1.165, 1.54) is 19.1 Å². The van der Waals surface area contributed by atoms with Crippen LogP contribution in [-0.2, 0) is 4.79 Å². The first kappa shape index (κ1) is 10.8. The van der Waals surface area contributed by atoms with Crippen LogP contribution >= 0.6 is 15.9 Å². The summed E-state index contributed by atoms with van der Waals surface area (Å²) in [5.74, 6) is -1.12. The highest BCUT2D eigenvalue weighted by Gasteiger charge is 2.11. The van der Waals surface area contributed by atoms with Gasteiger partial charge in [-0.3, -0.25) is 9.59 Å². The summed E-state index contributed by atoms with van der Waals surface area (Å²) < 4.78 is 13.8. The minimum absolute atomic E-state index is 0.00259. The molecule has 0 aliphatic rings. The van der Waals surface area contributed by atoms with E-state index in [9.17, 15) is 14.0 Å². The molecule has 0 aromatic heterocycles. The Morgan fingerprint density at radius 3 is 2.71 bits per heavy atom. The first-order valence-corrected chi connectivity index (χ1v) is 4.56. The van der Waals surface area contributed by atoms with Crippen LogP contribution in [-0.4, -0.2) is 12.2 Å². The summed E-state index contributed by atoms with van der Waals surface area (Å²) in [4.78, 5) is 21.2. The molecular weight excluding hydrogens is 253 g/mol. The molecule has 1 amide bonds. The van der Waals surface area contributed by atoms with Crippen LogP contribution in [0.15, 0.2) is 16.6 Å². The van der Waals surface area contributed by atoms with E-state index in [1.54, 1.807) is 0 Å². The van der Waals surface area contributed by atoms with Crippen LogP contribution in [0.5, 0.6) is 0 Å². The molecule has 1 N–H and O–H groups in total. The van der Waals surface area contributed by atoms with Crippen molar-refractivity contribution in [1.29, 1.82) is 0 Å². The van der Waals surface area contributed by atoms with Crippen molar-refractivity contribution in [2.75, 3.05) is 5.32 Å². The second-order valence-electron chi connectivity index (χ2n) is 2.62. The molecule has 5 heteroatoms. The monoisotopic (exact) mass is 259 g/mol. The summed E-state index contributed by atoms with van der Waals surface area (Å²) in [7, 11) is 0. The summed E-state index contributed by atoms with van der Waals surface area (Å²) in [5.41, 5.74) is -0.0981. The summed E-state index contributed by atoms with van der Waals surface area (Å²) in [6.07, 6.45) is 0.394. The lowest BCUT2D eigenvalue weighted by molar-refractivity contribution is -0.114. The molecule has 14 heavy (non-hydrogen) atoms. The van der Waals surface area contributed by atoms with E-state index < -0.39 is 5.82 Å². The normalized spacial score (nSPS) is 9.64. The largest absolute Gasteiger partial charge is 0.324 e. The topological polar surface area (TPSA) is 46.2 Å². The fraction of sp³-hybridized carbons (Fsp3) is 0.111. The predicted molar refractivity (Wildman–Crippen MR) is 53.8 cm³/mol. The lowest BCUT2D eigenvalue weighted by Crippen LogP contribution is -2.08. The first-order valence-electron chi connectivity index (χ1n) is 3.77. The van der Waals surface area contributed by atoms with Crippen molar-refractivity contribution in [1.82, 2.24) is 0 Å². The Morgan fingerprint density at radius 2 is 2.21 bits per heavy atom. The van der Waals surface area contributed by atoms with E-state index in [-0.39, 0.29) is 17.2 Å². The number of aldehydes is 1. The quantitative estimate of drug-likeness (QED) is 0.829. The van der Waals surface area contributed by atoms with E-state index in [1.807, 2.05) is 0 Å². The van der Waals surface area contributed by atoms with Gasteiger partial charge in [-0.25, -0.2) is 4.39 Å². The predicted octanol–water partition coefficient (Wildman–Crippen LogP) is 2.36. The number of rotatable bonds is 2. The van der Waals surface area contributed by atoms with Crippen LogP contribution in [0.3, 0.4) is 0 Å². The Bertz CT molecular complexity index is 393. The maximum atomic E-state index is 13.4. The van der Waals surface area contributed by atoms with E-state index in [0.29, 0.717) is 10.8 Å². The SMILES string of the molecule is CC(=O)Nc1ccc(Br)c(C=O)c1F. The van der Waals surface area contributed by atoms with Crippen LogP contribution in [0.4, 0.5) is 10.1 Å². The minimum atomic E-state index is -0.732. The van der Waals surface area contributed by atoms with Crippen molar-refractivity contribution in [2.45, 2.75) is 6.92 Å². The number of anilines is 1. The van der Waals surface area contributed by atoms with Gasteiger partial charge in [0.25, 0.3) is 0 Å². The molecule has 0 saturated heterocycles. The summed E-state index contributed by atoms with van der Waals surface area (Å²) >= 11 is 3.02. The highest BCUT2D eigenvalue weighted by atomic mass is 79.9. The van der Waals surface area contributed by atoms with Crippen molar-refractivity contribution < 1.29 is 14.0 Å². The van der Waals surface area contributed by atoms with Gasteiger partial charge in [0.05, 0.1) is 11.3 Å². The molecule has 3 nitrogen and oxygen atoms in total. The Hall–Kier alpha value is -1.23. The Morgan fingerprint density at radius 1 is 1.57 bits per heavy atom.